The van der Waals surface area contributed by atoms with Gasteiger partial charge in [-0.3, -0.25) is 0 Å². The number of esters is 1. The second kappa shape index (κ2) is 10.1. The fourth-order valence-electron chi connectivity index (χ4n) is 2.50. The first-order valence-electron chi connectivity index (χ1n) is 8.76. The van der Waals surface area contributed by atoms with Crippen molar-refractivity contribution in [3.8, 4) is 11.4 Å². The van der Waals surface area contributed by atoms with Crippen molar-refractivity contribution < 1.29 is 9.53 Å². The van der Waals surface area contributed by atoms with Crippen molar-refractivity contribution in [1.82, 2.24) is 15.0 Å². The Labute approximate surface area is 208 Å². The molecule has 0 radical (unpaired) electrons. The van der Waals surface area contributed by atoms with E-state index < -0.39 is 13.6 Å². The van der Waals surface area contributed by atoms with E-state index in [1.807, 2.05) is 30.3 Å². The molecule has 3 aromatic rings. The van der Waals surface area contributed by atoms with E-state index in [1.54, 1.807) is 24.3 Å². The van der Waals surface area contributed by atoms with Crippen LogP contribution in [-0.2, 0) is 18.7 Å². The van der Waals surface area contributed by atoms with E-state index in [2.05, 4.69) is 15.0 Å². The highest BCUT2D eigenvalue weighted by molar-refractivity contribution is 6.67. The zero-order valence-corrected chi connectivity index (χ0v) is 20.1. The monoisotopic (exact) mass is 537 g/mol. The van der Waals surface area contributed by atoms with Crippen LogP contribution in [0, 0.1) is 0 Å². The lowest BCUT2D eigenvalue weighted by atomic mass is 10.1. The third-order valence-electron chi connectivity index (χ3n) is 3.99. The average molecular weight is 540 g/mol. The molecule has 0 bridgehead atoms. The molecule has 0 saturated carbocycles. The number of hydrogen-bond donors (Lipinski definition) is 0. The molecule has 11 heteroatoms. The van der Waals surface area contributed by atoms with E-state index >= 15 is 0 Å². The summed E-state index contributed by atoms with van der Waals surface area (Å²) in [6.45, 7) is 0.261. The van der Waals surface area contributed by atoms with Crippen LogP contribution in [0.5, 0.6) is 0 Å². The summed E-state index contributed by atoms with van der Waals surface area (Å²) in [6, 6.07) is 16.1. The molecule has 0 N–H and O–H groups in total. The van der Waals surface area contributed by atoms with Crippen LogP contribution in [0.15, 0.2) is 54.6 Å². The van der Waals surface area contributed by atoms with Crippen LogP contribution in [0.2, 0.25) is 0 Å². The van der Waals surface area contributed by atoms with E-state index in [0.717, 1.165) is 5.56 Å². The largest absolute Gasteiger partial charge is 0.462 e. The molecule has 0 atom stereocenters. The molecule has 0 unspecified atom stereocenters. The number of nitrogens with zero attached hydrogens (tertiary/aromatic N) is 3. The summed E-state index contributed by atoms with van der Waals surface area (Å²) in [6.07, 6.45) is 0.620. The molecule has 0 saturated heterocycles. The van der Waals surface area contributed by atoms with Gasteiger partial charge in [0.2, 0.25) is 7.59 Å². The fraction of sp³-hybridized carbons (Fsp3) is 0.200. The third-order valence-corrected chi connectivity index (χ3v) is 5.00. The molecule has 1 heterocycles. The van der Waals surface area contributed by atoms with E-state index in [1.165, 1.54) is 0 Å². The summed E-state index contributed by atoms with van der Waals surface area (Å²) < 4.78 is 1.41. The highest BCUT2D eigenvalue weighted by Gasteiger charge is 2.34. The number of hydrogen-bond acceptors (Lipinski definition) is 5. The van der Waals surface area contributed by atoms with Crippen molar-refractivity contribution in [3.63, 3.8) is 0 Å². The Hall–Kier alpha value is -1.34. The first-order chi connectivity index (χ1) is 14.5. The molecule has 0 amide bonds. The Bertz CT molecular complexity index is 1020. The quantitative estimate of drug-likeness (QED) is 0.270. The van der Waals surface area contributed by atoms with Crippen LogP contribution >= 0.6 is 69.6 Å². The van der Waals surface area contributed by atoms with Crippen LogP contribution in [0.25, 0.3) is 11.4 Å². The van der Waals surface area contributed by atoms with Gasteiger partial charge in [-0.05, 0) is 17.7 Å². The Kier molecular flexibility index (Phi) is 7.90. The van der Waals surface area contributed by atoms with Crippen LogP contribution in [0.1, 0.15) is 27.6 Å². The molecule has 0 spiro atoms. The lowest BCUT2D eigenvalue weighted by molar-refractivity contribution is 0.0509. The van der Waals surface area contributed by atoms with Gasteiger partial charge in [-0.25, -0.2) is 19.7 Å². The van der Waals surface area contributed by atoms with Gasteiger partial charge >= 0.3 is 5.97 Å². The maximum Gasteiger partial charge on any atom is 0.338 e. The highest BCUT2D eigenvalue weighted by Crippen LogP contribution is 2.40. The number of carbonyl (C=O) groups is 1. The number of aromatic nitrogens is 3. The van der Waals surface area contributed by atoms with Gasteiger partial charge in [0.1, 0.15) is 0 Å². The normalized spacial score (nSPS) is 11.9. The van der Waals surface area contributed by atoms with E-state index in [4.69, 9.17) is 74.3 Å². The van der Waals surface area contributed by atoms with Gasteiger partial charge in [-0.2, -0.15) is 0 Å². The van der Waals surface area contributed by atoms with Crippen LogP contribution < -0.4 is 0 Å². The Morgan fingerprint density at radius 2 is 1.32 bits per heavy atom. The van der Waals surface area contributed by atoms with Crippen LogP contribution in [0.3, 0.4) is 0 Å². The second-order valence-electron chi connectivity index (χ2n) is 6.25. The number of rotatable bonds is 5. The van der Waals surface area contributed by atoms with Gasteiger partial charge in [0.15, 0.2) is 17.5 Å². The molecule has 0 fully saturated rings. The SMILES string of the molecule is O=C(OCCc1ccccc1)c1ccc(-c2nc(C(Cl)(Cl)Cl)nc(C(Cl)(Cl)Cl)n2)cc1. The molecule has 3 rings (SSSR count). The van der Waals surface area contributed by atoms with Crippen molar-refractivity contribution >= 4 is 75.6 Å². The number of carbonyl (C=O) groups excluding carboxylic acids is 1. The topological polar surface area (TPSA) is 65.0 Å². The smallest absolute Gasteiger partial charge is 0.338 e. The van der Waals surface area contributed by atoms with E-state index in [-0.39, 0.29) is 24.1 Å². The van der Waals surface area contributed by atoms with Crippen LogP contribution in [0.4, 0.5) is 0 Å². The first kappa shape index (κ1) is 24.3. The maximum atomic E-state index is 12.3. The third kappa shape index (κ3) is 6.82. The summed E-state index contributed by atoms with van der Waals surface area (Å²) in [5, 5.41) is 0. The first-order valence-corrected chi connectivity index (χ1v) is 11.0. The number of benzene rings is 2. The van der Waals surface area contributed by atoms with Crippen molar-refractivity contribution in [1.29, 1.82) is 0 Å². The second-order valence-corrected chi connectivity index (χ2v) is 10.8. The van der Waals surface area contributed by atoms with Crippen molar-refractivity contribution in [2.45, 2.75) is 14.0 Å². The predicted octanol–water partition coefficient (Wildman–Crippen LogP) is 6.59. The summed E-state index contributed by atoms with van der Waals surface area (Å²) >= 11 is 35.3. The molecule has 0 aliphatic rings. The minimum atomic E-state index is -1.95. The zero-order chi connectivity index (χ0) is 22.6. The van der Waals surface area contributed by atoms with Crippen molar-refractivity contribution in [2.75, 3.05) is 6.61 Å². The summed E-state index contributed by atoms with van der Waals surface area (Å²) in [4.78, 5) is 24.5. The summed E-state index contributed by atoms with van der Waals surface area (Å²) in [5.41, 5.74) is 1.93. The lowest BCUT2D eigenvalue weighted by Gasteiger charge is -2.15. The minimum Gasteiger partial charge on any atom is -0.462 e. The molecule has 5 nitrogen and oxygen atoms in total. The van der Waals surface area contributed by atoms with E-state index in [9.17, 15) is 4.79 Å². The summed E-state index contributed by atoms with van der Waals surface area (Å²) in [7, 11) is 0. The summed E-state index contributed by atoms with van der Waals surface area (Å²) in [5.74, 6) is -0.745. The molecule has 2 aromatic carbocycles. The Morgan fingerprint density at radius 3 is 1.84 bits per heavy atom. The highest BCUT2D eigenvalue weighted by atomic mass is 35.6. The predicted molar refractivity (Wildman–Crippen MR) is 124 cm³/mol. The van der Waals surface area contributed by atoms with Crippen LogP contribution in [-0.4, -0.2) is 27.5 Å². The van der Waals surface area contributed by atoms with Gasteiger partial charge in [0, 0.05) is 12.0 Å². The molecule has 0 aliphatic heterocycles. The average Bonchev–Trinajstić information content (AvgIpc) is 2.73. The van der Waals surface area contributed by atoms with Crippen molar-refractivity contribution in [2.24, 2.45) is 0 Å². The molecule has 0 aliphatic carbocycles. The van der Waals surface area contributed by atoms with Gasteiger partial charge < -0.3 is 4.74 Å². The number of halogens is 6. The number of ether oxygens (including phenoxy) is 1. The minimum absolute atomic E-state index is 0.113. The Morgan fingerprint density at radius 1 is 0.774 bits per heavy atom. The van der Waals surface area contributed by atoms with Gasteiger partial charge in [-0.1, -0.05) is 112 Å². The standard InChI is InChI=1S/C20H13Cl6N3O2/c21-19(22,23)17-27-15(28-18(29-17)20(24,25)26)13-6-8-14(9-7-13)16(30)31-11-10-12-4-2-1-3-5-12/h1-9H,10-11H2. The Balaban J connectivity index is 1.76. The van der Waals surface area contributed by atoms with Gasteiger partial charge in [-0.15, -0.1) is 0 Å². The maximum absolute atomic E-state index is 12.3. The molecule has 31 heavy (non-hydrogen) atoms. The fourth-order valence-corrected chi connectivity index (χ4v) is 3.01. The van der Waals surface area contributed by atoms with Gasteiger partial charge in [0.25, 0.3) is 0 Å². The van der Waals surface area contributed by atoms with E-state index in [0.29, 0.717) is 17.5 Å². The number of alkyl halides is 6. The molecular formula is C20H13Cl6N3O2. The molecular weight excluding hydrogens is 527 g/mol. The molecule has 1 aromatic heterocycles. The lowest BCUT2D eigenvalue weighted by Crippen LogP contribution is -2.16. The molecule has 162 valence electrons. The van der Waals surface area contributed by atoms with Gasteiger partial charge in [0.05, 0.1) is 12.2 Å². The zero-order valence-electron chi connectivity index (χ0n) is 15.5. The van der Waals surface area contributed by atoms with Crippen molar-refractivity contribution in [3.05, 3.63) is 77.4 Å².